The highest BCUT2D eigenvalue weighted by molar-refractivity contribution is 6.05. The van der Waals surface area contributed by atoms with E-state index in [1.807, 2.05) is 47.4 Å². The molecular weight excluding hydrogens is 320 g/mol. The van der Waals surface area contributed by atoms with E-state index in [1.54, 1.807) is 0 Å². The van der Waals surface area contributed by atoms with Crippen LogP contribution in [0.2, 0.25) is 0 Å². The number of carboxylic acid groups (broad SMARTS) is 1. The van der Waals surface area contributed by atoms with Crippen molar-refractivity contribution in [2.24, 2.45) is 0 Å². The lowest BCUT2D eigenvalue weighted by molar-refractivity contribution is -0.147. The number of furan rings is 1. The lowest BCUT2D eigenvalue weighted by atomic mass is 10.1. The predicted molar refractivity (Wildman–Crippen MR) is 93.2 cm³/mol. The molecule has 0 spiro atoms. The quantitative estimate of drug-likeness (QED) is 0.790. The van der Waals surface area contributed by atoms with Crippen LogP contribution in [0.1, 0.15) is 5.56 Å². The molecule has 0 bridgehead atoms. The fourth-order valence-corrected chi connectivity index (χ4v) is 3.39. The van der Waals surface area contributed by atoms with Gasteiger partial charge in [-0.15, -0.1) is 0 Å². The summed E-state index contributed by atoms with van der Waals surface area (Å²) in [4.78, 5) is 26.3. The molecule has 2 heterocycles. The second-order valence-corrected chi connectivity index (χ2v) is 6.31. The summed E-state index contributed by atoms with van der Waals surface area (Å²) in [5.41, 5.74) is 2.74. The van der Waals surface area contributed by atoms with Crippen molar-refractivity contribution in [3.05, 3.63) is 48.0 Å². The van der Waals surface area contributed by atoms with E-state index in [0.717, 1.165) is 27.5 Å². The third-order valence-corrected chi connectivity index (χ3v) is 4.60. The summed E-state index contributed by atoms with van der Waals surface area (Å²) < 4.78 is 6.03. The standard InChI is InChI=1S/C19H18N2O4/c22-17-11-20(8-9-21(17)12-18(23)24)10-13-4-3-6-15-14-5-1-2-7-16(14)25-19(13)15/h1-7H,8-12H2,(H,23,24). The van der Waals surface area contributed by atoms with E-state index in [-0.39, 0.29) is 19.0 Å². The van der Waals surface area contributed by atoms with Crippen LogP contribution < -0.4 is 0 Å². The summed E-state index contributed by atoms with van der Waals surface area (Å²) in [7, 11) is 0. The first-order chi connectivity index (χ1) is 12.1. The van der Waals surface area contributed by atoms with Crippen molar-refractivity contribution in [1.82, 2.24) is 9.80 Å². The number of piperazine rings is 1. The summed E-state index contributed by atoms with van der Waals surface area (Å²) in [6.07, 6.45) is 0. The van der Waals surface area contributed by atoms with Crippen LogP contribution in [0.25, 0.3) is 21.9 Å². The predicted octanol–water partition coefficient (Wildman–Crippen LogP) is 2.31. The minimum Gasteiger partial charge on any atom is -0.480 e. The Morgan fingerprint density at radius 1 is 1.08 bits per heavy atom. The number of rotatable bonds is 4. The summed E-state index contributed by atoms with van der Waals surface area (Å²) in [6, 6.07) is 14.0. The first-order valence-electron chi connectivity index (χ1n) is 8.23. The molecule has 1 amide bonds. The van der Waals surface area contributed by atoms with E-state index in [9.17, 15) is 9.59 Å². The first-order valence-corrected chi connectivity index (χ1v) is 8.23. The summed E-state index contributed by atoms with van der Waals surface area (Å²) in [6.45, 7) is 1.68. The number of amides is 1. The van der Waals surface area contributed by atoms with Crippen LogP contribution in [0.3, 0.4) is 0 Å². The minimum atomic E-state index is -0.978. The molecule has 1 aromatic heterocycles. The Bertz CT molecular complexity index is 962. The van der Waals surface area contributed by atoms with Gasteiger partial charge < -0.3 is 14.4 Å². The molecule has 0 saturated carbocycles. The molecular formula is C19H18N2O4. The molecule has 6 nitrogen and oxygen atoms in total. The first kappa shape index (κ1) is 15.7. The van der Waals surface area contributed by atoms with Crippen LogP contribution in [0, 0.1) is 0 Å². The highest BCUT2D eigenvalue weighted by Gasteiger charge is 2.26. The molecule has 1 aliphatic heterocycles. The van der Waals surface area contributed by atoms with Crippen LogP contribution in [0.5, 0.6) is 0 Å². The van der Waals surface area contributed by atoms with Crippen LogP contribution in [0.4, 0.5) is 0 Å². The molecule has 0 atom stereocenters. The Kier molecular flexibility index (Phi) is 3.89. The fraction of sp³-hybridized carbons (Fsp3) is 0.263. The second kappa shape index (κ2) is 6.22. The molecule has 6 heteroatoms. The van der Waals surface area contributed by atoms with Gasteiger partial charge in [0.2, 0.25) is 5.91 Å². The van der Waals surface area contributed by atoms with Crippen LogP contribution in [0.15, 0.2) is 46.9 Å². The third kappa shape index (κ3) is 2.96. The van der Waals surface area contributed by atoms with E-state index in [2.05, 4.69) is 0 Å². The third-order valence-electron chi connectivity index (χ3n) is 4.60. The topological polar surface area (TPSA) is 74.0 Å². The number of aliphatic carboxylic acids is 1. The smallest absolute Gasteiger partial charge is 0.323 e. The van der Waals surface area contributed by atoms with Crippen molar-refractivity contribution in [2.45, 2.75) is 6.54 Å². The van der Waals surface area contributed by atoms with Gasteiger partial charge >= 0.3 is 5.97 Å². The zero-order valence-corrected chi connectivity index (χ0v) is 13.6. The van der Waals surface area contributed by atoms with E-state index in [4.69, 9.17) is 9.52 Å². The molecule has 2 aromatic carbocycles. The lowest BCUT2D eigenvalue weighted by Crippen LogP contribution is -2.51. The largest absolute Gasteiger partial charge is 0.480 e. The Morgan fingerprint density at radius 3 is 2.68 bits per heavy atom. The summed E-state index contributed by atoms with van der Waals surface area (Å²) in [5, 5.41) is 11.0. The van der Waals surface area contributed by atoms with Crippen LogP contribution in [-0.2, 0) is 16.1 Å². The minimum absolute atomic E-state index is 0.148. The van der Waals surface area contributed by atoms with Crippen molar-refractivity contribution >= 4 is 33.8 Å². The van der Waals surface area contributed by atoms with Crippen molar-refractivity contribution < 1.29 is 19.1 Å². The molecule has 128 valence electrons. The zero-order valence-electron chi connectivity index (χ0n) is 13.6. The summed E-state index contributed by atoms with van der Waals surface area (Å²) in [5.74, 6) is -1.13. The number of carbonyl (C=O) groups excluding carboxylic acids is 1. The van der Waals surface area contributed by atoms with Gasteiger partial charge in [0.1, 0.15) is 17.7 Å². The second-order valence-electron chi connectivity index (χ2n) is 6.31. The van der Waals surface area contributed by atoms with Crippen molar-refractivity contribution in [2.75, 3.05) is 26.2 Å². The van der Waals surface area contributed by atoms with Gasteiger partial charge in [0.15, 0.2) is 0 Å². The maximum Gasteiger partial charge on any atom is 0.323 e. The number of hydrogen-bond donors (Lipinski definition) is 1. The van der Waals surface area contributed by atoms with Crippen LogP contribution in [-0.4, -0.2) is 53.0 Å². The van der Waals surface area contributed by atoms with Crippen molar-refractivity contribution in [3.8, 4) is 0 Å². The molecule has 25 heavy (non-hydrogen) atoms. The van der Waals surface area contributed by atoms with Gasteiger partial charge in [-0.2, -0.15) is 0 Å². The highest BCUT2D eigenvalue weighted by atomic mass is 16.4. The fourth-order valence-electron chi connectivity index (χ4n) is 3.39. The van der Waals surface area contributed by atoms with Gasteiger partial charge in [-0.3, -0.25) is 14.5 Å². The average Bonchev–Trinajstić information content (AvgIpc) is 2.97. The van der Waals surface area contributed by atoms with E-state index >= 15 is 0 Å². The number of carbonyl (C=O) groups is 2. The summed E-state index contributed by atoms with van der Waals surface area (Å²) >= 11 is 0. The molecule has 0 radical (unpaired) electrons. The zero-order chi connectivity index (χ0) is 17.4. The number of hydrogen-bond acceptors (Lipinski definition) is 4. The highest BCUT2D eigenvalue weighted by Crippen LogP contribution is 2.31. The van der Waals surface area contributed by atoms with Gasteiger partial charge in [-0.05, 0) is 6.07 Å². The number of nitrogens with zero attached hydrogens (tertiary/aromatic N) is 2. The average molecular weight is 338 g/mol. The van der Waals surface area contributed by atoms with Gasteiger partial charge in [0, 0.05) is 36.0 Å². The van der Waals surface area contributed by atoms with Gasteiger partial charge in [-0.1, -0.05) is 36.4 Å². The number of fused-ring (bicyclic) bond motifs is 3. The van der Waals surface area contributed by atoms with Gasteiger partial charge in [0.25, 0.3) is 0 Å². The normalized spacial score (nSPS) is 16.0. The van der Waals surface area contributed by atoms with E-state index in [1.165, 1.54) is 4.90 Å². The monoisotopic (exact) mass is 338 g/mol. The molecule has 1 saturated heterocycles. The Labute approximate surface area is 144 Å². The Hall–Kier alpha value is -2.86. The van der Waals surface area contributed by atoms with Crippen molar-refractivity contribution in [1.29, 1.82) is 0 Å². The SMILES string of the molecule is O=C(O)CN1CCN(Cc2cccc3c2oc2ccccc23)CC1=O. The molecule has 1 N–H and O–H groups in total. The molecule has 4 rings (SSSR count). The number of carboxylic acids is 1. The Balaban J connectivity index is 1.57. The molecule has 0 aliphatic carbocycles. The van der Waals surface area contributed by atoms with Gasteiger partial charge in [-0.25, -0.2) is 0 Å². The Morgan fingerprint density at radius 2 is 1.88 bits per heavy atom. The van der Waals surface area contributed by atoms with E-state index in [0.29, 0.717) is 19.6 Å². The molecule has 0 unspecified atom stereocenters. The number of benzene rings is 2. The molecule has 3 aromatic rings. The maximum atomic E-state index is 12.1. The number of para-hydroxylation sites is 2. The van der Waals surface area contributed by atoms with Crippen LogP contribution >= 0.6 is 0 Å². The molecule has 1 aliphatic rings. The van der Waals surface area contributed by atoms with Gasteiger partial charge in [0.05, 0.1) is 6.54 Å². The lowest BCUT2D eigenvalue weighted by Gasteiger charge is -2.33. The van der Waals surface area contributed by atoms with E-state index < -0.39 is 5.97 Å². The maximum absolute atomic E-state index is 12.1. The van der Waals surface area contributed by atoms with Crippen molar-refractivity contribution in [3.63, 3.8) is 0 Å². The molecule has 1 fully saturated rings.